The monoisotopic (exact) mass is 312 g/mol. The molecule has 1 aliphatic carbocycles. The molecular formula is C16H22Cl2N2. The number of hydrogen-bond donors (Lipinski definition) is 1. The van der Waals surface area contributed by atoms with Crippen molar-refractivity contribution in [3.63, 3.8) is 0 Å². The first-order chi connectivity index (χ1) is 9.67. The SMILES string of the molecule is CCC1CNC(C2CC2)CN1Cc1ccc(Cl)cc1Cl. The van der Waals surface area contributed by atoms with Gasteiger partial charge in [0.15, 0.2) is 0 Å². The predicted molar refractivity (Wildman–Crippen MR) is 85.5 cm³/mol. The summed E-state index contributed by atoms with van der Waals surface area (Å²) < 4.78 is 0. The van der Waals surface area contributed by atoms with Gasteiger partial charge >= 0.3 is 0 Å². The van der Waals surface area contributed by atoms with Crippen molar-refractivity contribution >= 4 is 23.2 Å². The molecule has 1 heterocycles. The zero-order valence-electron chi connectivity index (χ0n) is 11.9. The van der Waals surface area contributed by atoms with Gasteiger partial charge in [-0.2, -0.15) is 0 Å². The summed E-state index contributed by atoms with van der Waals surface area (Å²) >= 11 is 12.3. The summed E-state index contributed by atoms with van der Waals surface area (Å²) in [4.78, 5) is 2.59. The first-order valence-electron chi connectivity index (χ1n) is 7.58. The molecule has 2 aliphatic rings. The number of rotatable bonds is 4. The van der Waals surface area contributed by atoms with Crippen molar-refractivity contribution in [3.05, 3.63) is 33.8 Å². The fourth-order valence-corrected chi connectivity index (χ4v) is 3.63. The van der Waals surface area contributed by atoms with Gasteiger partial charge in [0.1, 0.15) is 0 Å². The summed E-state index contributed by atoms with van der Waals surface area (Å²) in [5.74, 6) is 0.899. The molecule has 2 fully saturated rings. The zero-order chi connectivity index (χ0) is 14.1. The van der Waals surface area contributed by atoms with Crippen LogP contribution in [0, 0.1) is 5.92 Å². The van der Waals surface area contributed by atoms with Gasteiger partial charge in [-0.25, -0.2) is 0 Å². The third-order valence-corrected chi connectivity index (χ3v) is 5.20. The van der Waals surface area contributed by atoms with Crippen molar-refractivity contribution in [1.82, 2.24) is 10.2 Å². The maximum Gasteiger partial charge on any atom is 0.0465 e. The first-order valence-corrected chi connectivity index (χ1v) is 8.34. The number of piperazine rings is 1. The molecule has 1 N–H and O–H groups in total. The van der Waals surface area contributed by atoms with Crippen LogP contribution in [-0.4, -0.2) is 30.1 Å². The molecule has 2 nitrogen and oxygen atoms in total. The second-order valence-electron chi connectivity index (χ2n) is 6.08. The van der Waals surface area contributed by atoms with Crippen molar-refractivity contribution in [3.8, 4) is 0 Å². The molecule has 1 aromatic carbocycles. The van der Waals surface area contributed by atoms with E-state index in [0.717, 1.165) is 30.6 Å². The molecule has 4 heteroatoms. The van der Waals surface area contributed by atoms with Crippen LogP contribution in [0.2, 0.25) is 10.0 Å². The Labute approximate surface area is 131 Å². The number of nitrogens with one attached hydrogen (secondary N) is 1. The lowest BCUT2D eigenvalue weighted by molar-refractivity contribution is 0.112. The van der Waals surface area contributed by atoms with Crippen molar-refractivity contribution in [2.75, 3.05) is 13.1 Å². The predicted octanol–water partition coefficient (Wildman–Crippen LogP) is 3.96. The minimum absolute atomic E-state index is 0.608. The lowest BCUT2D eigenvalue weighted by Crippen LogP contribution is -2.56. The van der Waals surface area contributed by atoms with Gasteiger partial charge in [0.2, 0.25) is 0 Å². The molecule has 3 rings (SSSR count). The third-order valence-electron chi connectivity index (χ3n) is 4.61. The quantitative estimate of drug-likeness (QED) is 0.905. The summed E-state index contributed by atoms with van der Waals surface area (Å²) in [5, 5.41) is 5.22. The van der Waals surface area contributed by atoms with Gasteiger partial charge < -0.3 is 5.32 Å². The molecule has 1 aliphatic heterocycles. The van der Waals surface area contributed by atoms with Gasteiger partial charge in [0.05, 0.1) is 0 Å². The van der Waals surface area contributed by atoms with Crippen LogP contribution in [0.1, 0.15) is 31.7 Å². The van der Waals surface area contributed by atoms with Crippen LogP contribution in [0.5, 0.6) is 0 Å². The standard InChI is InChI=1S/C16H22Cl2N2/c1-2-14-8-19-16(11-3-4-11)10-20(14)9-12-5-6-13(17)7-15(12)18/h5-7,11,14,16,19H,2-4,8-10H2,1H3. The second-order valence-corrected chi connectivity index (χ2v) is 6.92. The molecule has 0 radical (unpaired) electrons. The lowest BCUT2D eigenvalue weighted by atomic mass is 10.0. The number of halogens is 2. The van der Waals surface area contributed by atoms with E-state index in [9.17, 15) is 0 Å². The molecule has 20 heavy (non-hydrogen) atoms. The van der Waals surface area contributed by atoms with Crippen LogP contribution < -0.4 is 5.32 Å². The maximum atomic E-state index is 6.32. The van der Waals surface area contributed by atoms with E-state index in [-0.39, 0.29) is 0 Å². The topological polar surface area (TPSA) is 15.3 Å². The highest BCUT2D eigenvalue weighted by atomic mass is 35.5. The number of hydrogen-bond acceptors (Lipinski definition) is 2. The second kappa shape index (κ2) is 6.23. The van der Waals surface area contributed by atoms with Gasteiger partial charge in [0, 0.05) is 41.8 Å². The molecule has 110 valence electrons. The average Bonchev–Trinajstić information content (AvgIpc) is 3.26. The molecular weight excluding hydrogens is 291 g/mol. The van der Waals surface area contributed by atoms with Crippen LogP contribution >= 0.6 is 23.2 Å². The molecule has 0 amide bonds. The van der Waals surface area contributed by atoms with E-state index in [0.29, 0.717) is 17.1 Å². The Morgan fingerprint density at radius 1 is 1.30 bits per heavy atom. The molecule has 0 aromatic heterocycles. The number of benzene rings is 1. The zero-order valence-corrected chi connectivity index (χ0v) is 13.4. The maximum absolute atomic E-state index is 6.32. The minimum Gasteiger partial charge on any atom is -0.311 e. The first kappa shape index (κ1) is 14.6. The van der Waals surface area contributed by atoms with Crippen LogP contribution in [-0.2, 0) is 6.54 Å². The van der Waals surface area contributed by atoms with E-state index < -0.39 is 0 Å². The summed E-state index contributed by atoms with van der Waals surface area (Å²) in [6.07, 6.45) is 3.96. The van der Waals surface area contributed by atoms with E-state index >= 15 is 0 Å². The Kier molecular flexibility index (Phi) is 4.56. The van der Waals surface area contributed by atoms with Crippen molar-refractivity contribution in [2.24, 2.45) is 5.92 Å². The average molecular weight is 313 g/mol. The fraction of sp³-hybridized carbons (Fsp3) is 0.625. The van der Waals surface area contributed by atoms with Gasteiger partial charge in [-0.15, -0.1) is 0 Å². The van der Waals surface area contributed by atoms with Crippen molar-refractivity contribution in [2.45, 2.75) is 44.8 Å². The molecule has 1 saturated heterocycles. The summed E-state index contributed by atoms with van der Waals surface area (Å²) in [6, 6.07) is 7.12. The summed E-state index contributed by atoms with van der Waals surface area (Å²) in [5.41, 5.74) is 1.19. The van der Waals surface area contributed by atoms with Gasteiger partial charge in [0.25, 0.3) is 0 Å². The molecule has 0 spiro atoms. The molecule has 0 bridgehead atoms. The minimum atomic E-state index is 0.608. The summed E-state index contributed by atoms with van der Waals surface area (Å²) in [6.45, 7) is 5.44. The highest BCUT2D eigenvalue weighted by molar-refractivity contribution is 6.35. The van der Waals surface area contributed by atoms with E-state index in [1.165, 1.54) is 24.8 Å². The van der Waals surface area contributed by atoms with Gasteiger partial charge in [-0.1, -0.05) is 36.2 Å². The van der Waals surface area contributed by atoms with Gasteiger partial charge in [-0.05, 0) is 42.9 Å². The Balaban J connectivity index is 1.71. The van der Waals surface area contributed by atoms with Crippen molar-refractivity contribution < 1.29 is 0 Å². The molecule has 2 atom stereocenters. The van der Waals surface area contributed by atoms with E-state index in [1.54, 1.807) is 0 Å². The normalized spacial score (nSPS) is 27.8. The molecule has 1 saturated carbocycles. The Morgan fingerprint density at radius 3 is 2.75 bits per heavy atom. The van der Waals surface area contributed by atoms with Crippen LogP contribution in [0.4, 0.5) is 0 Å². The van der Waals surface area contributed by atoms with Gasteiger partial charge in [-0.3, -0.25) is 4.90 Å². The third kappa shape index (κ3) is 3.30. The Bertz CT molecular complexity index is 474. The Morgan fingerprint density at radius 2 is 2.10 bits per heavy atom. The lowest BCUT2D eigenvalue weighted by Gasteiger charge is -2.40. The summed E-state index contributed by atoms with van der Waals surface area (Å²) in [7, 11) is 0. The highest BCUT2D eigenvalue weighted by Gasteiger charge is 2.36. The smallest absolute Gasteiger partial charge is 0.0465 e. The molecule has 2 unspecified atom stereocenters. The van der Waals surface area contributed by atoms with Crippen LogP contribution in [0.3, 0.4) is 0 Å². The van der Waals surface area contributed by atoms with E-state index in [2.05, 4.69) is 23.2 Å². The Hall–Kier alpha value is -0.280. The van der Waals surface area contributed by atoms with Crippen LogP contribution in [0.15, 0.2) is 18.2 Å². The number of nitrogens with zero attached hydrogens (tertiary/aromatic N) is 1. The van der Waals surface area contributed by atoms with E-state index in [4.69, 9.17) is 23.2 Å². The highest BCUT2D eigenvalue weighted by Crippen LogP contribution is 2.35. The largest absolute Gasteiger partial charge is 0.311 e. The van der Waals surface area contributed by atoms with E-state index in [1.807, 2.05) is 12.1 Å². The van der Waals surface area contributed by atoms with Crippen LogP contribution in [0.25, 0.3) is 0 Å². The van der Waals surface area contributed by atoms with Crippen molar-refractivity contribution in [1.29, 1.82) is 0 Å². The molecule has 1 aromatic rings. The fourth-order valence-electron chi connectivity index (χ4n) is 3.16.